The lowest BCUT2D eigenvalue weighted by Gasteiger charge is -2.11. The Hall–Kier alpha value is -2.82. The zero-order valence-corrected chi connectivity index (χ0v) is 15.5. The average molecular weight is 352 g/mol. The molecule has 2 rings (SSSR count). The van der Waals surface area contributed by atoms with Crippen LogP contribution in [0.25, 0.3) is 0 Å². The summed E-state index contributed by atoms with van der Waals surface area (Å²) in [5.41, 5.74) is 9.21. The molecule has 0 fully saturated rings. The number of carbonyl (C=O) groups is 1. The fourth-order valence-corrected chi connectivity index (χ4v) is 2.52. The Labute approximate surface area is 155 Å². The maximum Gasteiger partial charge on any atom is 0.241 e. The second kappa shape index (κ2) is 10.2. The van der Waals surface area contributed by atoms with Crippen molar-refractivity contribution in [2.75, 3.05) is 18.4 Å². The van der Waals surface area contributed by atoms with Crippen molar-refractivity contribution in [1.29, 1.82) is 0 Å². The van der Waals surface area contributed by atoms with Gasteiger partial charge in [-0.25, -0.2) is 4.99 Å². The zero-order chi connectivity index (χ0) is 18.8. The normalized spacial score (nSPS) is 12.5. The number of rotatable bonds is 8. The second-order valence-electron chi connectivity index (χ2n) is 6.34. The molecule has 0 bridgehead atoms. The van der Waals surface area contributed by atoms with Crippen LogP contribution in [-0.4, -0.2) is 25.0 Å². The molecule has 4 N–H and O–H groups in total. The van der Waals surface area contributed by atoms with E-state index in [1.165, 1.54) is 11.1 Å². The standard InChI is InChI=1S/C21H28N4O/c1-3-16(2)18-9-11-19(12-10-18)25-21(22)24-15-20(26)23-14-13-17-7-5-4-6-8-17/h4-12,16H,3,13-15H2,1-2H3,(H,23,26)(H3,22,24,25). The first-order chi connectivity index (χ1) is 12.6. The quantitative estimate of drug-likeness (QED) is 0.504. The summed E-state index contributed by atoms with van der Waals surface area (Å²) in [6.45, 7) is 4.97. The Kier molecular flexibility index (Phi) is 7.68. The van der Waals surface area contributed by atoms with Gasteiger partial charge in [0.25, 0.3) is 0 Å². The van der Waals surface area contributed by atoms with E-state index in [4.69, 9.17) is 5.73 Å². The summed E-state index contributed by atoms with van der Waals surface area (Å²) >= 11 is 0. The Morgan fingerprint density at radius 2 is 1.81 bits per heavy atom. The molecule has 5 heteroatoms. The minimum Gasteiger partial charge on any atom is -0.370 e. The predicted octanol–water partition coefficient (Wildman–Crippen LogP) is 3.29. The summed E-state index contributed by atoms with van der Waals surface area (Å²) < 4.78 is 0. The highest BCUT2D eigenvalue weighted by Crippen LogP contribution is 2.20. The monoisotopic (exact) mass is 352 g/mol. The van der Waals surface area contributed by atoms with E-state index in [2.05, 4.69) is 41.6 Å². The molecule has 0 saturated heterocycles. The van der Waals surface area contributed by atoms with Gasteiger partial charge in [0.15, 0.2) is 5.96 Å². The van der Waals surface area contributed by atoms with Gasteiger partial charge >= 0.3 is 0 Å². The highest BCUT2D eigenvalue weighted by atomic mass is 16.1. The smallest absolute Gasteiger partial charge is 0.241 e. The number of guanidine groups is 1. The van der Waals surface area contributed by atoms with Crippen LogP contribution in [-0.2, 0) is 11.2 Å². The summed E-state index contributed by atoms with van der Waals surface area (Å²) in [5.74, 6) is 0.631. The van der Waals surface area contributed by atoms with Crippen LogP contribution in [0.4, 0.5) is 5.69 Å². The first-order valence-corrected chi connectivity index (χ1v) is 9.06. The fraction of sp³-hybridized carbons (Fsp3) is 0.333. The van der Waals surface area contributed by atoms with E-state index >= 15 is 0 Å². The van der Waals surface area contributed by atoms with Gasteiger partial charge in [-0.2, -0.15) is 0 Å². The molecule has 2 aromatic rings. The molecule has 1 amide bonds. The number of nitrogens with one attached hydrogen (secondary N) is 2. The van der Waals surface area contributed by atoms with Crippen molar-refractivity contribution in [3.8, 4) is 0 Å². The van der Waals surface area contributed by atoms with Gasteiger partial charge in [-0.3, -0.25) is 4.79 Å². The predicted molar refractivity (Wildman–Crippen MR) is 108 cm³/mol. The number of anilines is 1. The number of carbonyl (C=O) groups excluding carboxylic acids is 1. The fourth-order valence-electron chi connectivity index (χ4n) is 2.52. The van der Waals surface area contributed by atoms with E-state index in [0.717, 1.165) is 18.5 Å². The lowest BCUT2D eigenvalue weighted by Crippen LogP contribution is -2.30. The number of aliphatic imine (C=N–C) groups is 1. The molecule has 0 heterocycles. The topological polar surface area (TPSA) is 79.5 Å². The van der Waals surface area contributed by atoms with E-state index in [-0.39, 0.29) is 18.4 Å². The van der Waals surface area contributed by atoms with Gasteiger partial charge in [-0.05, 0) is 42.0 Å². The third kappa shape index (κ3) is 6.59. The molecule has 0 aliphatic carbocycles. The third-order valence-electron chi connectivity index (χ3n) is 4.34. The molecular formula is C21H28N4O. The lowest BCUT2D eigenvalue weighted by atomic mass is 9.99. The molecule has 0 spiro atoms. The molecule has 1 atom stereocenters. The van der Waals surface area contributed by atoms with Crippen LogP contribution in [0.1, 0.15) is 37.3 Å². The van der Waals surface area contributed by atoms with Crippen molar-refractivity contribution in [2.45, 2.75) is 32.6 Å². The van der Waals surface area contributed by atoms with Crippen molar-refractivity contribution in [3.05, 3.63) is 65.7 Å². The van der Waals surface area contributed by atoms with Gasteiger partial charge < -0.3 is 16.4 Å². The molecule has 1 unspecified atom stereocenters. The summed E-state index contributed by atoms with van der Waals surface area (Å²) in [6, 6.07) is 18.2. The van der Waals surface area contributed by atoms with Gasteiger partial charge in [0.1, 0.15) is 6.54 Å². The van der Waals surface area contributed by atoms with Crippen LogP contribution >= 0.6 is 0 Å². The summed E-state index contributed by atoms with van der Waals surface area (Å²) in [5, 5.41) is 5.86. The molecular weight excluding hydrogens is 324 g/mol. The van der Waals surface area contributed by atoms with E-state index < -0.39 is 0 Å². The summed E-state index contributed by atoms with van der Waals surface area (Å²) in [4.78, 5) is 15.9. The number of nitrogens with two attached hydrogens (primary N) is 1. The molecule has 138 valence electrons. The first-order valence-electron chi connectivity index (χ1n) is 9.06. The average Bonchev–Trinajstić information content (AvgIpc) is 2.67. The van der Waals surface area contributed by atoms with Gasteiger partial charge in [0, 0.05) is 12.2 Å². The maximum absolute atomic E-state index is 11.8. The molecule has 0 aromatic heterocycles. The van der Waals surface area contributed by atoms with E-state index in [9.17, 15) is 4.79 Å². The molecule has 5 nitrogen and oxygen atoms in total. The number of nitrogens with zero attached hydrogens (tertiary/aromatic N) is 1. The van der Waals surface area contributed by atoms with Crippen LogP contribution < -0.4 is 16.4 Å². The molecule has 0 radical (unpaired) electrons. The SMILES string of the molecule is CCC(C)c1ccc(NC(N)=NCC(=O)NCCc2ccccc2)cc1. The van der Waals surface area contributed by atoms with Crippen LogP contribution in [0.5, 0.6) is 0 Å². The van der Waals surface area contributed by atoms with E-state index in [1.807, 2.05) is 42.5 Å². The molecule has 0 saturated carbocycles. The van der Waals surface area contributed by atoms with E-state index in [1.54, 1.807) is 0 Å². The van der Waals surface area contributed by atoms with Gasteiger partial charge in [0.2, 0.25) is 5.91 Å². The van der Waals surface area contributed by atoms with Gasteiger partial charge in [-0.15, -0.1) is 0 Å². The summed E-state index contributed by atoms with van der Waals surface area (Å²) in [7, 11) is 0. The van der Waals surface area contributed by atoms with Crippen LogP contribution in [0, 0.1) is 0 Å². The Morgan fingerprint density at radius 1 is 1.12 bits per heavy atom. The third-order valence-corrected chi connectivity index (χ3v) is 4.34. The van der Waals surface area contributed by atoms with Crippen molar-refractivity contribution >= 4 is 17.6 Å². The molecule has 0 aliphatic rings. The first kappa shape index (κ1) is 19.5. The Morgan fingerprint density at radius 3 is 2.46 bits per heavy atom. The number of amides is 1. The number of hydrogen-bond donors (Lipinski definition) is 3. The second-order valence-corrected chi connectivity index (χ2v) is 6.34. The maximum atomic E-state index is 11.8. The Bertz CT molecular complexity index is 711. The zero-order valence-electron chi connectivity index (χ0n) is 15.5. The van der Waals surface area contributed by atoms with Crippen LogP contribution in [0.15, 0.2) is 59.6 Å². The van der Waals surface area contributed by atoms with Gasteiger partial charge in [0.05, 0.1) is 0 Å². The molecule has 26 heavy (non-hydrogen) atoms. The lowest BCUT2D eigenvalue weighted by molar-refractivity contribution is -0.119. The Balaban J connectivity index is 1.74. The van der Waals surface area contributed by atoms with Crippen molar-refractivity contribution in [2.24, 2.45) is 10.7 Å². The van der Waals surface area contributed by atoms with Crippen molar-refractivity contribution < 1.29 is 4.79 Å². The number of hydrogen-bond acceptors (Lipinski definition) is 2. The molecule has 2 aromatic carbocycles. The minimum absolute atomic E-state index is 0.0125. The van der Waals surface area contributed by atoms with E-state index in [0.29, 0.717) is 12.5 Å². The largest absolute Gasteiger partial charge is 0.370 e. The summed E-state index contributed by atoms with van der Waals surface area (Å²) in [6.07, 6.45) is 1.91. The van der Waals surface area contributed by atoms with Crippen molar-refractivity contribution in [3.63, 3.8) is 0 Å². The van der Waals surface area contributed by atoms with Crippen LogP contribution in [0.3, 0.4) is 0 Å². The highest BCUT2D eigenvalue weighted by molar-refractivity contribution is 5.93. The van der Waals surface area contributed by atoms with Crippen LogP contribution in [0.2, 0.25) is 0 Å². The van der Waals surface area contributed by atoms with Gasteiger partial charge in [-0.1, -0.05) is 56.3 Å². The minimum atomic E-state index is -0.141. The number of benzene rings is 2. The van der Waals surface area contributed by atoms with Crippen molar-refractivity contribution in [1.82, 2.24) is 5.32 Å². The highest BCUT2D eigenvalue weighted by Gasteiger charge is 2.04. The molecule has 0 aliphatic heterocycles.